The van der Waals surface area contributed by atoms with Crippen molar-refractivity contribution in [2.45, 2.75) is 58.8 Å². The predicted octanol–water partition coefficient (Wildman–Crippen LogP) is 5.11. The van der Waals surface area contributed by atoms with Gasteiger partial charge in [-0.05, 0) is 83.8 Å². The highest BCUT2D eigenvalue weighted by Crippen LogP contribution is 2.34. The van der Waals surface area contributed by atoms with Crippen LogP contribution in [0.2, 0.25) is 0 Å². The summed E-state index contributed by atoms with van der Waals surface area (Å²) in [6.07, 6.45) is 3.83. The number of carboxylic acids is 1. The van der Waals surface area contributed by atoms with Crippen LogP contribution in [0.4, 0.5) is 0 Å². The van der Waals surface area contributed by atoms with Gasteiger partial charge in [0.15, 0.2) is 11.5 Å². The van der Waals surface area contributed by atoms with Crippen LogP contribution < -0.4 is 14.8 Å². The molecule has 43 heavy (non-hydrogen) atoms. The summed E-state index contributed by atoms with van der Waals surface area (Å²) in [5.74, 6) is -0.757. The number of unbranched alkanes of at least 4 members (excludes halogenated alkanes) is 1. The minimum Gasteiger partial charge on any atom is -0.486 e. The van der Waals surface area contributed by atoms with Crippen molar-refractivity contribution in [2.24, 2.45) is 0 Å². The van der Waals surface area contributed by atoms with Crippen molar-refractivity contribution in [3.63, 3.8) is 0 Å². The molecule has 0 aliphatic carbocycles. The molecule has 9 nitrogen and oxygen atoms in total. The summed E-state index contributed by atoms with van der Waals surface area (Å²) >= 11 is 0. The van der Waals surface area contributed by atoms with E-state index in [9.17, 15) is 23.1 Å². The van der Waals surface area contributed by atoms with Crippen LogP contribution in [-0.4, -0.2) is 56.7 Å². The largest absolute Gasteiger partial charge is 0.486 e. The van der Waals surface area contributed by atoms with E-state index in [1.807, 2.05) is 49.4 Å². The first-order valence-electron chi connectivity index (χ1n) is 14.4. The zero-order chi connectivity index (χ0) is 31.0. The maximum absolute atomic E-state index is 13.4. The van der Waals surface area contributed by atoms with Gasteiger partial charge in [0.1, 0.15) is 29.1 Å². The Morgan fingerprint density at radius 2 is 1.67 bits per heavy atom. The minimum atomic E-state index is -3.40. The molecule has 1 aliphatic heterocycles. The first-order valence-corrected chi connectivity index (χ1v) is 16.5. The summed E-state index contributed by atoms with van der Waals surface area (Å²) in [6.45, 7) is 5.79. The Kier molecular flexibility index (Phi) is 10.8. The Bertz CT molecular complexity index is 1570. The average molecular weight is 610 g/mol. The van der Waals surface area contributed by atoms with Gasteiger partial charge in [-0.1, -0.05) is 43.7 Å². The lowest BCUT2D eigenvalue weighted by Gasteiger charge is -2.21. The van der Waals surface area contributed by atoms with Gasteiger partial charge in [-0.15, -0.1) is 0 Å². The lowest BCUT2D eigenvalue weighted by molar-refractivity contribution is -0.139. The highest BCUT2D eigenvalue weighted by molar-refractivity contribution is 7.90. The van der Waals surface area contributed by atoms with E-state index in [4.69, 9.17) is 14.2 Å². The van der Waals surface area contributed by atoms with Crippen molar-refractivity contribution >= 4 is 21.7 Å². The normalized spacial score (nSPS) is 13.4. The molecule has 1 aliphatic rings. The van der Waals surface area contributed by atoms with E-state index in [0.29, 0.717) is 25.4 Å². The van der Waals surface area contributed by atoms with Crippen molar-refractivity contribution in [3.8, 4) is 22.6 Å². The Morgan fingerprint density at radius 3 is 2.33 bits per heavy atom. The molecule has 3 aromatic carbocycles. The molecule has 230 valence electrons. The molecule has 4 rings (SSSR count). The first-order chi connectivity index (χ1) is 20.6. The maximum Gasteiger partial charge on any atom is 0.326 e. The van der Waals surface area contributed by atoms with Crippen molar-refractivity contribution < 1.29 is 37.3 Å². The molecule has 0 unspecified atom stereocenters. The van der Waals surface area contributed by atoms with Gasteiger partial charge >= 0.3 is 5.97 Å². The van der Waals surface area contributed by atoms with E-state index in [0.717, 1.165) is 59.3 Å². The highest BCUT2D eigenvalue weighted by atomic mass is 32.2. The topological polar surface area (TPSA) is 128 Å². The number of fused-ring (bicyclic) bond motifs is 1. The zero-order valence-corrected chi connectivity index (χ0v) is 25.7. The summed E-state index contributed by atoms with van der Waals surface area (Å²) in [6, 6.07) is 15.6. The Labute approximate surface area is 253 Å². The average Bonchev–Trinajstić information content (AvgIpc) is 2.97. The molecule has 0 saturated carbocycles. The van der Waals surface area contributed by atoms with E-state index in [1.165, 1.54) is 5.56 Å². The molecule has 3 aromatic rings. The molecule has 0 saturated heterocycles. The van der Waals surface area contributed by atoms with E-state index >= 15 is 0 Å². The van der Waals surface area contributed by atoms with Crippen molar-refractivity contribution in [1.29, 1.82) is 0 Å². The van der Waals surface area contributed by atoms with Crippen LogP contribution in [0.3, 0.4) is 0 Å². The third-order valence-corrected chi connectivity index (χ3v) is 8.31. The molecule has 2 N–H and O–H groups in total. The molecule has 0 aromatic heterocycles. The zero-order valence-electron chi connectivity index (χ0n) is 24.9. The fourth-order valence-corrected chi connectivity index (χ4v) is 5.65. The van der Waals surface area contributed by atoms with Gasteiger partial charge in [-0.25, -0.2) is 13.2 Å². The van der Waals surface area contributed by atoms with Crippen molar-refractivity contribution in [2.75, 3.05) is 25.2 Å². The molecule has 0 radical (unpaired) electrons. The van der Waals surface area contributed by atoms with Crippen LogP contribution in [-0.2, 0) is 39.0 Å². The first kappa shape index (κ1) is 32.0. The van der Waals surface area contributed by atoms with Crippen molar-refractivity contribution in [1.82, 2.24) is 5.32 Å². The van der Waals surface area contributed by atoms with Gasteiger partial charge in [0.05, 0.1) is 19.0 Å². The number of rotatable bonds is 14. The summed E-state index contributed by atoms with van der Waals surface area (Å²) < 4.78 is 40.9. The number of amides is 1. The number of hydrogen-bond donors (Lipinski definition) is 2. The van der Waals surface area contributed by atoms with Gasteiger partial charge in [0.2, 0.25) is 0 Å². The van der Waals surface area contributed by atoms with Crippen LogP contribution in [0.1, 0.15) is 58.8 Å². The lowest BCUT2D eigenvalue weighted by Crippen LogP contribution is -2.42. The molecular weight excluding hydrogens is 570 g/mol. The number of carbonyl (C=O) groups is 2. The molecule has 1 amide bonds. The second-order valence-electron chi connectivity index (χ2n) is 10.8. The fourth-order valence-electron chi connectivity index (χ4n) is 4.99. The molecule has 0 fully saturated rings. The minimum absolute atomic E-state index is 0.231. The Hall–Kier alpha value is -3.89. The van der Waals surface area contributed by atoms with E-state index in [2.05, 4.69) is 12.2 Å². The predicted molar refractivity (Wildman–Crippen MR) is 164 cm³/mol. The summed E-state index contributed by atoms with van der Waals surface area (Å²) in [5.41, 5.74) is 5.74. The smallest absolute Gasteiger partial charge is 0.326 e. The van der Waals surface area contributed by atoms with Gasteiger partial charge in [-0.2, -0.15) is 0 Å². The molecular formula is C33H39NO8S. The molecule has 10 heteroatoms. The number of aliphatic carboxylic acids is 1. The molecule has 1 atom stereocenters. The Balaban J connectivity index is 1.56. The maximum atomic E-state index is 13.4. The number of carboxylic acid groups (broad SMARTS) is 1. The molecule has 0 spiro atoms. The second kappa shape index (κ2) is 14.5. The van der Waals surface area contributed by atoms with Gasteiger partial charge < -0.3 is 24.6 Å². The number of sulfone groups is 1. The van der Waals surface area contributed by atoms with E-state index in [-0.39, 0.29) is 24.3 Å². The van der Waals surface area contributed by atoms with Crippen LogP contribution in [0.25, 0.3) is 11.1 Å². The highest BCUT2D eigenvalue weighted by Gasteiger charge is 2.24. The second-order valence-corrected chi connectivity index (χ2v) is 13.1. The molecule has 0 bridgehead atoms. The van der Waals surface area contributed by atoms with Crippen LogP contribution in [0.5, 0.6) is 11.5 Å². The standard InChI is InChI=1S/C33H39NO8S/c1-4-5-9-24-18-30-31(42-15-14-41-30)19-25(24)21-40-20-23-11-12-27(28(17-23)26-10-7-6-8-22(26)2)32(35)34-29(33(36)37)13-16-43(3,38)39/h6-8,10-12,17-19,29H,4-5,9,13-16,20-21H2,1-3H3,(H,34,35)(H,36,37)/t29-/m0/s1. The van der Waals surface area contributed by atoms with Crippen LogP contribution >= 0.6 is 0 Å². The summed E-state index contributed by atoms with van der Waals surface area (Å²) in [5, 5.41) is 12.1. The lowest BCUT2D eigenvalue weighted by atomic mass is 9.93. The third kappa shape index (κ3) is 8.81. The number of aryl methyl sites for hydroxylation is 2. The quantitative estimate of drug-likeness (QED) is 0.258. The summed E-state index contributed by atoms with van der Waals surface area (Å²) in [4.78, 5) is 25.2. The molecule has 1 heterocycles. The monoisotopic (exact) mass is 609 g/mol. The van der Waals surface area contributed by atoms with Gasteiger partial charge in [0, 0.05) is 11.8 Å². The fraction of sp³-hybridized carbons (Fsp3) is 0.394. The van der Waals surface area contributed by atoms with E-state index < -0.39 is 27.8 Å². The van der Waals surface area contributed by atoms with Gasteiger partial charge in [-0.3, -0.25) is 4.79 Å². The van der Waals surface area contributed by atoms with Crippen LogP contribution in [0, 0.1) is 6.92 Å². The third-order valence-electron chi connectivity index (χ3n) is 7.33. The van der Waals surface area contributed by atoms with E-state index in [1.54, 1.807) is 12.1 Å². The summed E-state index contributed by atoms with van der Waals surface area (Å²) in [7, 11) is -3.40. The number of benzene rings is 3. The SMILES string of the molecule is CCCCc1cc2c(cc1COCc1ccc(C(=O)N[C@@H](CCS(C)(=O)=O)C(=O)O)c(-c3ccccc3C)c1)OCCO2. The number of carbonyl (C=O) groups excluding carboxylic acids is 1. The van der Waals surface area contributed by atoms with Gasteiger partial charge in [0.25, 0.3) is 5.91 Å². The Morgan fingerprint density at radius 1 is 0.977 bits per heavy atom. The van der Waals surface area contributed by atoms with Crippen molar-refractivity contribution in [3.05, 3.63) is 82.4 Å². The number of nitrogens with one attached hydrogen (secondary N) is 1. The van der Waals surface area contributed by atoms with Crippen LogP contribution in [0.15, 0.2) is 54.6 Å². The number of ether oxygens (including phenoxy) is 3. The number of hydrogen-bond acceptors (Lipinski definition) is 7.